The van der Waals surface area contributed by atoms with Crippen molar-refractivity contribution in [2.75, 3.05) is 6.61 Å². The van der Waals surface area contributed by atoms with Crippen LogP contribution in [0.1, 0.15) is 131 Å². The Morgan fingerprint density at radius 2 is 1.27 bits per heavy atom. The molecular weight excluding hydrogens is 568 g/mol. The van der Waals surface area contributed by atoms with Gasteiger partial charge in [-0.05, 0) is 149 Å². The summed E-state index contributed by atoms with van der Waals surface area (Å²) in [7, 11) is 0. The minimum absolute atomic E-state index is 0.00497. The smallest absolute Gasteiger partial charge is 0.306 e. The van der Waals surface area contributed by atoms with Gasteiger partial charge in [-0.3, -0.25) is 9.59 Å². The molecule has 1 aliphatic heterocycles. The molecule has 0 spiro atoms. The van der Waals surface area contributed by atoms with Gasteiger partial charge in [0.2, 0.25) is 0 Å². The molecule has 0 bridgehead atoms. The van der Waals surface area contributed by atoms with Crippen LogP contribution in [-0.2, 0) is 19.1 Å². The first-order valence-corrected chi connectivity index (χ1v) is 18.2. The van der Waals surface area contributed by atoms with E-state index in [1.807, 2.05) is 13.8 Å². The molecule has 7 rings (SSSR count). The van der Waals surface area contributed by atoms with Crippen LogP contribution in [-0.4, -0.2) is 51.4 Å². The summed E-state index contributed by atoms with van der Waals surface area (Å²) >= 11 is 0. The van der Waals surface area contributed by atoms with Crippen molar-refractivity contribution in [3.05, 3.63) is 0 Å². The van der Waals surface area contributed by atoms with Gasteiger partial charge in [0.05, 0.1) is 17.8 Å². The van der Waals surface area contributed by atoms with Crippen molar-refractivity contribution in [1.29, 1.82) is 0 Å². The first-order valence-electron chi connectivity index (χ1n) is 18.2. The normalized spacial score (nSPS) is 55.0. The van der Waals surface area contributed by atoms with E-state index in [1.54, 1.807) is 0 Å². The fraction of sp³-hybridized carbons (Fsp3) is 0.921. The van der Waals surface area contributed by atoms with Gasteiger partial charge in [-0.15, -0.1) is 0 Å². The molecule has 254 valence electrons. The molecule has 6 aliphatic carbocycles. The molecule has 0 amide bonds. The number of carbonyl (C=O) groups is 3. The molecular formula is C38H60O7. The summed E-state index contributed by atoms with van der Waals surface area (Å²) in [6.45, 7) is 13.6. The number of rotatable bonds is 3. The molecule has 45 heavy (non-hydrogen) atoms. The Morgan fingerprint density at radius 3 is 1.82 bits per heavy atom. The molecule has 0 aromatic rings. The van der Waals surface area contributed by atoms with E-state index < -0.39 is 22.6 Å². The first-order chi connectivity index (χ1) is 20.9. The molecule has 14 atom stereocenters. The van der Waals surface area contributed by atoms with Gasteiger partial charge in [-0.2, -0.15) is 0 Å². The summed E-state index contributed by atoms with van der Waals surface area (Å²) in [5.74, 6) is 2.88. The largest absolute Gasteiger partial charge is 0.481 e. The number of aliphatic carboxylic acids is 1. The lowest BCUT2D eigenvalue weighted by Crippen LogP contribution is -2.57. The SMILES string of the molecule is C[C@]1(O)CCC2C3CC[C@@H](CC(=O)O)[C@](C)(C=O)C3CC[C@@]21C.C[C@]1(O)CCC2C3CC[C@H]4CC(=O)OC[C@]4(C)C3CC[C@@]21C. The average Bonchev–Trinajstić information content (AvgIpc) is 3.37. The molecule has 7 nitrogen and oxygen atoms in total. The van der Waals surface area contributed by atoms with Crippen molar-refractivity contribution in [2.45, 2.75) is 143 Å². The van der Waals surface area contributed by atoms with Gasteiger partial charge in [0, 0.05) is 23.7 Å². The Bertz CT molecular complexity index is 1190. The van der Waals surface area contributed by atoms with E-state index >= 15 is 0 Å². The first kappa shape index (κ1) is 33.4. The topological polar surface area (TPSA) is 121 Å². The number of carboxylic acid groups (broad SMARTS) is 1. The van der Waals surface area contributed by atoms with E-state index in [0.717, 1.165) is 57.7 Å². The van der Waals surface area contributed by atoms with Crippen LogP contribution in [0.3, 0.4) is 0 Å². The Balaban J connectivity index is 0.000000159. The summed E-state index contributed by atoms with van der Waals surface area (Å²) in [6, 6.07) is 0. The number of carboxylic acids is 1. The van der Waals surface area contributed by atoms with Gasteiger partial charge in [0.1, 0.15) is 6.29 Å². The van der Waals surface area contributed by atoms with E-state index in [1.165, 1.54) is 25.7 Å². The van der Waals surface area contributed by atoms with Crippen LogP contribution in [0.15, 0.2) is 0 Å². The number of aldehydes is 1. The average molecular weight is 629 g/mol. The molecule has 3 N–H and O–H groups in total. The Morgan fingerprint density at radius 1 is 0.756 bits per heavy atom. The second kappa shape index (κ2) is 11.0. The summed E-state index contributed by atoms with van der Waals surface area (Å²) < 4.78 is 5.49. The van der Waals surface area contributed by atoms with Crippen molar-refractivity contribution in [2.24, 2.45) is 69.0 Å². The molecule has 0 radical (unpaired) electrons. The number of hydrogen-bond acceptors (Lipinski definition) is 6. The standard InChI is InChI=1S/C19H30O4.C19H30O3/c1-17(11-20)12(10-16(21)22)4-5-13-14(17)6-8-18(2)15(13)7-9-19(18,3)23;1-17-11-22-16(20)10-12(17)4-5-13-14(17)6-8-18(2)15(13)7-9-19(18,3)21/h11-15,23H,4-10H2,1-3H3,(H,21,22);12-15,21H,4-11H2,1-3H3/t2*12-,13?,14?,15?,17-,18-,19-/m00/s1. The number of esters is 1. The van der Waals surface area contributed by atoms with E-state index in [2.05, 4.69) is 27.7 Å². The maximum absolute atomic E-state index is 12.0. The highest BCUT2D eigenvalue weighted by Gasteiger charge is 2.65. The third kappa shape index (κ3) is 4.89. The highest BCUT2D eigenvalue weighted by Crippen LogP contribution is 2.68. The molecule has 7 aliphatic rings. The maximum atomic E-state index is 12.0. The van der Waals surface area contributed by atoms with Crippen LogP contribution in [0.5, 0.6) is 0 Å². The molecule has 0 aromatic heterocycles. The van der Waals surface area contributed by atoms with Gasteiger partial charge in [-0.25, -0.2) is 0 Å². The summed E-state index contributed by atoms with van der Waals surface area (Å²) in [6.07, 6.45) is 14.2. The minimum atomic E-state index is -0.800. The van der Waals surface area contributed by atoms with E-state index in [0.29, 0.717) is 48.5 Å². The third-order valence-electron chi connectivity index (χ3n) is 16.8. The Hall–Kier alpha value is -1.47. The lowest BCUT2D eigenvalue weighted by Gasteiger charge is -2.60. The van der Waals surface area contributed by atoms with Gasteiger partial charge in [-0.1, -0.05) is 27.7 Å². The van der Waals surface area contributed by atoms with Crippen molar-refractivity contribution >= 4 is 18.2 Å². The van der Waals surface area contributed by atoms with Crippen molar-refractivity contribution in [3.63, 3.8) is 0 Å². The lowest BCUT2D eigenvalue weighted by atomic mass is 9.46. The zero-order valence-electron chi connectivity index (χ0n) is 28.8. The van der Waals surface area contributed by atoms with Crippen molar-refractivity contribution in [3.8, 4) is 0 Å². The number of fused-ring (bicyclic) bond motifs is 8. The highest BCUT2D eigenvalue weighted by atomic mass is 16.5. The predicted molar refractivity (Wildman–Crippen MR) is 171 cm³/mol. The van der Waals surface area contributed by atoms with E-state index in [4.69, 9.17) is 4.74 Å². The monoisotopic (exact) mass is 628 g/mol. The van der Waals surface area contributed by atoms with Crippen molar-refractivity contribution < 1.29 is 34.4 Å². The number of ether oxygens (including phenoxy) is 1. The summed E-state index contributed by atoms with van der Waals surface area (Å²) in [5, 5.41) is 31.0. The number of carbonyl (C=O) groups excluding carboxylic acids is 2. The quantitative estimate of drug-likeness (QED) is 0.232. The molecule has 1 heterocycles. The lowest BCUT2D eigenvalue weighted by molar-refractivity contribution is -0.186. The van der Waals surface area contributed by atoms with Crippen LogP contribution in [0.4, 0.5) is 0 Å². The number of cyclic esters (lactones) is 1. The second-order valence-corrected chi connectivity index (χ2v) is 18.3. The van der Waals surface area contributed by atoms with Crippen LogP contribution >= 0.6 is 0 Å². The summed E-state index contributed by atoms with van der Waals surface area (Å²) in [5.41, 5.74) is -1.44. The fourth-order valence-corrected chi connectivity index (χ4v) is 13.3. The van der Waals surface area contributed by atoms with Crippen LogP contribution in [0, 0.1) is 69.0 Å². The van der Waals surface area contributed by atoms with Gasteiger partial charge in [0.15, 0.2) is 0 Å². The van der Waals surface area contributed by atoms with Crippen molar-refractivity contribution in [1.82, 2.24) is 0 Å². The number of aliphatic hydroxyl groups is 2. The second-order valence-electron chi connectivity index (χ2n) is 18.3. The zero-order chi connectivity index (χ0) is 32.8. The third-order valence-corrected chi connectivity index (χ3v) is 16.8. The maximum Gasteiger partial charge on any atom is 0.306 e. The van der Waals surface area contributed by atoms with Crippen LogP contribution in [0.2, 0.25) is 0 Å². The Labute approximate surface area is 270 Å². The van der Waals surface area contributed by atoms with Crippen LogP contribution < -0.4 is 0 Å². The number of hydrogen-bond donors (Lipinski definition) is 3. The molecule has 7 heteroatoms. The Kier molecular flexibility index (Phi) is 8.20. The minimum Gasteiger partial charge on any atom is -0.481 e. The molecule has 0 aromatic carbocycles. The van der Waals surface area contributed by atoms with E-state index in [9.17, 15) is 29.7 Å². The van der Waals surface area contributed by atoms with Crippen LogP contribution in [0.25, 0.3) is 0 Å². The molecule has 7 fully saturated rings. The molecule has 1 saturated heterocycles. The van der Waals surface area contributed by atoms with Gasteiger partial charge < -0.3 is 24.9 Å². The highest BCUT2D eigenvalue weighted by molar-refractivity contribution is 5.71. The van der Waals surface area contributed by atoms with Gasteiger partial charge >= 0.3 is 11.9 Å². The van der Waals surface area contributed by atoms with E-state index in [-0.39, 0.29) is 40.5 Å². The molecule has 6 unspecified atom stereocenters. The van der Waals surface area contributed by atoms with Gasteiger partial charge in [0.25, 0.3) is 0 Å². The molecule has 6 saturated carbocycles. The predicted octanol–water partition coefficient (Wildman–Crippen LogP) is 6.81. The summed E-state index contributed by atoms with van der Waals surface area (Å²) in [4.78, 5) is 34.9. The zero-order valence-corrected chi connectivity index (χ0v) is 28.8. The fourth-order valence-electron chi connectivity index (χ4n) is 13.3.